The zero-order valence-corrected chi connectivity index (χ0v) is 12.4. The number of hydrogen-bond donors (Lipinski definition) is 0. The first-order valence-corrected chi connectivity index (χ1v) is 7.98. The maximum atomic E-state index is 5.89. The van der Waals surface area contributed by atoms with Crippen molar-refractivity contribution in [1.82, 2.24) is 9.97 Å². The molecule has 0 spiro atoms. The molecule has 1 aromatic rings. The number of hydrogen-bond acceptors (Lipinski definition) is 3. The monoisotopic (exact) mass is 279 g/mol. The zero-order valence-electron chi connectivity index (χ0n) is 11.6. The highest BCUT2D eigenvalue weighted by Crippen LogP contribution is 2.36. The molecule has 3 rings (SSSR count). The summed E-state index contributed by atoms with van der Waals surface area (Å²) < 4.78 is 0. The molecule has 4 heteroatoms. The van der Waals surface area contributed by atoms with Gasteiger partial charge in [-0.1, -0.05) is 12.8 Å². The van der Waals surface area contributed by atoms with Crippen LogP contribution in [-0.4, -0.2) is 22.6 Å². The molecule has 3 nitrogen and oxygen atoms in total. The van der Waals surface area contributed by atoms with Crippen LogP contribution >= 0.6 is 11.6 Å². The highest BCUT2D eigenvalue weighted by atomic mass is 35.5. The Morgan fingerprint density at radius 3 is 2.84 bits per heavy atom. The number of aromatic nitrogens is 2. The number of anilines is 1. The summed E-state index contributed by atoms with van der Waals surface area (Å²) in [5, 5.41) is 0. The minimum absolute atomic E-state index is 0.498. The van der Waals surface area contributed by atoms with Gasteiger partial charge in [0.2, 0.25) is 5.95 Å². The minimum atomic E-state index is 0.498. The van der Waals surface area contributed by atoms with Crippen molar-refractivity contribution in [3.05, 3.63) is 17.5 Å². The number of alkyl halides is 1. The smallest absolute Gasteiger partial charge is 0.225 e. The van der Waals surface area contributed by atoms with Gasteiger partial charge in [-0.05, 0) is 38.5 Å². The van der Waals surface area contributed by atoms with Crippen LogP contribution in [-0.2, 0) is 5.88 Å². The Morgan fingerprint density at radius 2 is 2.05 bits per heavy atom. The fourth-order valence-corrected chi connectivity index (χ4v) is 3.88. The van der Waals surface area contributed by atoms with E-state index in [9.17, 15) is 0 Å². The van der Waals surface area contributed by atoms with Gasteiger partial charge in [-0.15, -0.1) is 11.6 Å². The van der Waals surface area contributed by atoms with Crippen LogP contribution in [0.5, 0.6) is 0 Å². The van der Waals surface area contributed by atoms with Gasteiger partial charge in [-0.25, -0.2) is 9.97 Å². The third-order valence-corrected chi connectivity index (χ3v) is 5.00. The molecule has 1 saturated heterocycles. The van der Waals surface area contributed by atoms with E-state index < -0.39 is 0 Å². The van der Waals surface area contributed by atoms with Gasteiger partial charge in [0.25, 0.3) is 0 Å². The highest BCUT2D eigenvalue weighted by Gasteiger charge is 2.34. The topological polar surface area (TPSA) is 29.0 Å². The van der Waals surface area contributed by atoms with Crippen LogP contribution in [0, 0.1) is 12.8 Å². The molecule has 1 aliphatic heterocycles. The van der Waals surface area contributed by atoms with E-state index in [0.29, 0.717) is 11.9 Å². The number of nitrogens with zero attached hydrogens (tertiary/aromatic N) is 3. The molecule has 2 atom stereocenters. The number of rotatable bonds is 2. The third-order valence-electron chi connectivity index (χ3n) is 4.71. The second-order valence-electron chi connectivity index (χ2n) is 5.86. The predicted octanol–water partition coefficient (Wildman–Crippen LogP) is 3.68. The first kappa shape index (κ1) is 13.2. The van der Waals surface area contributed by atoms with Crippen LogP contribution in [0.15, 0.2) is 6.20 Å². The summed E-state index contributed by atoms with van der Waals surface area (Å²) in [6.07, 6.45) is 10.0. The molecule has 1 aliphatic carbocycles. The van der Waals surface area contributed by atoms with E-state index in [1.165, 1.54) is 38.5 Å². The largest absolute Gasteiger partial charge is 0.338 e. The van der Waals surface area contributed by atoms with E-state index >= 15 is 0 Å². The van der Waals surface area contributed by atoms with Gasteiger partial charge in [0.05, 0.1) is 5.88 Å². The molecule has 2 fully saturated rings. The SMILES string of the molecule is Cc1nc(N2CCCC3CCCCC32)ncc1CCl. The Labute approximate surface area is 120 Å². The van der Waals surface area contributed by atoms with Crippen molar-refractivity contribution < 1.29 is 0 Å². The zero-order chi connectivity index (χ0) is 13.2. The van der Waals surface area contributed by atoms with Crippen LogP contribution in [0.25, 0.3) is 0 Å². The number of halogens is 1. The van der Waals surface area contributed by atoms with Crippen molar-refractivity contribution in [2.24, 2.45) is 5.92 Å². The van der Waals surface area contributed by atoms with Gasteiger partial charge < -0.3 is 4.90 Å². The summed E-state index contributed by atoms with van der Waals surface area (Å²) in [5.74, 6) is 2.28. The lowest BCUT2D eigenvalue weighted by atomic mass is 9.78. The summed E-state index contributed by atoms with van der Waals surface area (Å²) in [5.41, 5.74) is 2.07. The van der Waals surface area contributed by atoms with Crippen molar-refractivity contribution in [1.29, 1.82) is 0 Å². The summed E-state index contributed by atoms with van der Waals surface area (Å²) in [6.45, 7) is 3.14. The Hall–Kier alpha value is -0.830. The lowest BCUT2D eigenvalue weighted by molar-refractivity contribution is 0.241. The van der Waals surface area contributed by atoms with E-state index in [2.05, 4.69) is 14.9 Å². The Kier molecular flexibility index (Phi) is 3.92. The molecule has 2 heterocycles. The van der Waals surface area contributed by atoms with E-state index in [1.54, 1.807) is 0 Å². The number of piperidine rings is 1. The molecule has 1 aromatic heterocycles. The van der Waals surface area contributed by atoms with Crippen molar-refractivity contribution >= 4 is 17.5 Å². The molecule has 0 bridgehead atoms. The molecule has 0 N–H and O–H groups in total. The van der Waals surface area contributed by atoms with Crippen LogP contribution in [0.1, 0.15) is 49.8 Å². The van der Waals surface area contributed by atoms with E-state index in [0.717, 1.165) is 29.7 Å². The maximum Gasteiger partial charge on any atom is 0.225 e. The standard InChI is InChI=1S/C15H22ClN3/c1-11-13(9-16)10-17-15(18-11)19-8-4-6-12-5-2-3-7-14(12)19/h10,12,14H,2-9H2,1H3. The molecule has 0 amide bonds. The van der Waals surface area contributed by atoms with Gasteiger partial charge >= 0.3 is 0 Å². The summed E-state index contributed by atoms with van der Waals surface area (Å²) >= 11 is 5.89. The Bertz CT molecular complexity index is 447. The first-order chi connectivity index (χ1) is 9.29. The minimum Gasteiger partial charge on any atom is -0.338 e. The van der Waals surface area contributed by atoms with Crippen molar-refractivity contribution in [2.75, 3.05) is 11.4 Å². The normalized spacial score (nSPS) is 27.2. The van der Waals surface area contributed by atoms with E-state index in [1.807, 2.05) is 13.1 Å². The highest BCUT2D eigenvalue weighted by molar-refractivity contribution is 6.17. The van der Waals surface area contributed by atoms with Gasteiger partial charge in [0, 0.05) is 30.0 Å². The molecule has 0 radical (unpaired) electrons. The van der Waals surface area contributed by atoms with Crippen molar-refractivity contribution in [3.8, 4) is 0 Å². The molecule has 2 unspecified atom stereocenters. The van der Waals surface area contributed by atoms with Crippen LogP contribution in [0.3, 0.4) is 0 Å². The summed E-state index contributed by atoms with van der Waals surface area (Å²) in [4.78, 5) is 11.7. The predicted molar refractivity (Wildman–Crippen MR) is 78.7 cm³/mol. The molecule has 19 heavy (non-hydrogen) atoms. The second kappa shape index (κ2) is 5.66. The van der Waals surface area contributed by atoms with Crippen molar-refractivity contribution in [2.45, 2.75) is 57.4 Å². The van der Waals surface area contributed by atoms with E-state index in [-0.39, 0.29) is 0 Å². The average molecular weight is 280 g/mol. The Balaban J connectivity index is 1.85. The Morgan fingerprint density at radius 1 is 1.26 bits per heavy atom. The lowest BCUT2D eigenvalue weighted by Gasteiger charge is -2.44. The summed E-state index contributed by atoms with van der Waals surface area (Å²) in [7, 11) is 0. The number of aryl methyl sites for hydroxylation is 1. The molecular weight excluding hydrogens is 258 g/mol. The lowest BCUT2D eigenvalue weighted by Crippen LogP contribution is -2.47. The van der Waals surface area contributed by atoms with Crippen molar-refractivity contribution in [3.63, 3.8) is 0 Å². The molecule has 0 aromatic carbocycles. The van der Waals surface area contributed by atoms with Crippen LogP contribution < -0.4 is 4.90 Å². The molecular formula is C15H22ClN3. The van der Waals surface area contributed by atoms with Gasteiger partial charge in [0.1, 0.15) is 0 Å². The van der Waals surface area contributed by atoms with E-state index in [4.69, 9.17) is 11.6 Å². The first-order valence-electron chi connectivity index (χ1n) is 7.44. The van der Waals surface area contributed by atoms with Crippen LogP contribution in [0.2, 0.25) is 0 Å². The van der Waals surface area contributed by atoms with Gasteiger partial charge in [-0.2, -0.15) is 0 Å². The second-order valence-corrected chi connectivity index (χ2v) is 6.13. The summed E-state index contributed by atoms with van der Waals surface area (Å²) in [6, 6.07) is 0.670. The number of fused-ring (bicyclic) bond motifs is 1. The molecule has 1 saturated carbocycles. The fraction of sp³-hybridized carbons (Fsp3) is 0.733. The average Bonchev–Trinajstić information content (AvgIpc) is 2.46. The van der Waals surface area contributed by atoms with Gasteiger partial charge in [0.15, 0.2) is 0 Å². The fourth-order valence-electron chi connectivity index (χ4n) is 3.62. The molecule has 2 aliphatic rings. The van der Waals surface area contributed by atoms with Gasteiger partial charge in [-0.3, -0.25) is 0 Å². The van der Waals surface area contributed by atoms with Crippen LogP contribution in [0.4, 0.5) is 5.95 Å². The third kappa shape index (κ3) is 2.58. The molecule has 104 valence electrons. The quantitative estimate of drug-likeness (QED) is 0.773. The maximum absolute atomic E-state index is 5.89.